The van der Waals surface area contributed by atoms with E-state index in [4.69, 9.17) is 9.47 Å². The lowest BCUT2D eigenvalue weighted by Gasteiger charge is -2.25. The second-order valence-corrected chi connectivity index (χ2v) is 7.88. The predicted octanol–water partition coefficient (Wildman–Crippen LogP) is 1.34. The van der Waals surface area contributed by atoms with Gasteiger partial charge in [0.05, 0.1) is 35.9 Å². The summed E-state index contributed by atoms with van der Waals surface area (Å²) in [7, 11) is 3.35. The molecule has 2 saturated heterocycles. The van der Waals surface area contributed by atoms with Gasteiger partial charge in [0.15, 0.2) is 0 Å². The highest BCUT2D eigenvalue weighted by Crippen LogP contribution is 2.29. The monoisotopic (exact) mass is 416 g/mol. The van der Waals surface area contributed by atoms with E-state index in [1.54, 1.807) is 18.7 Å². The highest BCUT2D eigenvalue weighted by atomic mass is 19.1. The van der Waals surface area contributed by atoms with Gasteiger partial charge in [-0.2, -0.15) is 0 Å². The number of hydrogen-bond acceptors (Lipinski definition) is 5. The van der Waals surface area contributed by atoms with Crippen LogP contribution in [-0.2, 0) is 11.8 Å². The van der Waals surface area contributed by atoms with Crippen LogP contribution in [-0.4, -0.2) is 61.3 Å². The molecule has 0 spiro atoms. The summed E-state index contributed by atoms with van der Waals surface area (Å²) in [5, 5.41) is 6.39. The number of ether oxygens (including phenoxy) is 2. The topological polar surface area (TPSA) is 69.5 Å². The van der Waals surface area contributed by atoms with Crippen molar-refractivity contribution in [3.63, 3.8) is 0 Å². The second kappa shape index (κ2) is 9.21. The van der Waals surface area contributed by atoms with Crippen LogP contribution in [0.15, 0.2) is 16.9 Å². The van der Waals surface area contributed by atoms with E-state index in [0.717, 1.165) is 43.5 Å². The van der Waals surface area contributed by atoms with Crippen molar-refractivity contribution in [1.29, 1.82) is 0 Å². The first-order valence-corrected chi connectivity index (χ1v) is 10.6. The third-order valence-electron chi connectivity index (χ3n) is 5.99. The summed E-state index contributed by atoms with van der Waals surface area (Å²) in [6, 6.07) is 3.90. The number of piperidine rings is 2. The molecule has 8 heteroatoms. The highest BCUT2D eigenvalue weighted by molar-refractivity contribution is 5.86. The Balaban J connectivity index is 1.66. The van der Waals surface area contributed by atoms with Crippen molar-refractivity contribution in [1.82, 2.24) is 19.8 Å². The number of aryl methyl sites for hydroxylation is 1. The lowest BCUT2D eigenvalue weighted by Crippen LogP contribution is -2.42. The van der Waals surface area contributed by atoms with Crippen LogP contribution in [0.3, 0.4) is 0 Å². The zero-order valence-electron chi connectivity index (χ0n) is 17.5. The molecule has 2 fully saturated rings. The van der Waals surface area contributed by atoms with Gasteiger partial charge in [0.25, 0.3) is 0 Å². The number of nitrogens with zero attached hydrogens (tertiary/aromatic N) is 2. The summed E-state index contributed by atoms with van der Waals surface area (Å²) < 4.78 is 28.6. The van der Waals surface area contributed by atoms with Crippen molar-refractivity contribution in [2.75, 3.05) is 39.9 Å². The molecule has 0 saturated carbocycles. The predicted molar refractivity (Wildman–Crippen MR) is 114 cm³/mol. The molecule has 0 aliphatic carbocycles. The largest absolute Gasteiger partial charge is 0.495 e. The molecule has 2 aliphatic heterocycles. The molecule has 30 heavy (non-hydrogen) atoms. The van der Waals surface area contributed by atoms with E-state index in [0.29, 0.717) is 24.3 Å². The van der Waals surface area contributed by atoms with Crippen LogP contribution in [0.5, 0.6) is 5.75 Å². The molecule has 2 N–H and O–H groups in total. The van der Waals surface area contributed by atoms with Crippen LogP contribution in [0.25, 0.3) is 11.0 Å². The Hall–Kier alpha value is -2.34. The molecule has 2 aromatic rings. The maximum atomic E-state index is 13.9. The highest BCUT2D eigenvalue weighted by Gasteiger charge is 2.25. The quantitative estimate of drug-likeness (QED) is 0.737. The van der Waals surface area contributed by atoms with Crippen LogP contribution < -0.4 is 21.1 Å². The van der Waals surface area contributed by atoms with E-state index in [1.165, 1.54) is 0 Å². The minimum absolute atomic E-state index is 0.0544. The summed E-state index contributed by atoms with van der Waals surface area (Å²) in [5.74, 6) is 6.72. The molecule has 1 aromatic carbocycles. The molecule has 162 valence electrons. The maximum Gasteiger partial charge on any atom is 0.329 e. The number of alkyl halides is 1. The SMILES string of the molecule is COc1ccc2c(c1C#CCO[C@@H]1CCNC[C@@H]1F)n(C)c(=O)n2C1CCCNC1. The van der Waals surface area contributed by atoms with Gasteiger partial charge in [-0.3, -0.25) is 9.13 Å². The van der Waals surface area contributed by atoms with Crippen LogP contribution in [0.4, 0.5) is 4.39 Å². The van der Waals surface area contributed by atoms with E-state index in [-0.39, 0.29) is 18.3 Å². The fourth-order valence-corrected chi connectivity index (χ4v) is 4.41. The maximum absolute atomic E-state index is 13.9. The minimum Gasteiger partial charge on any atom is -0.495 e. The van der Waals surface area contributed by atoms with Gasteiger partial charge in [0, 0.05) is 20.1 Å². The molecule has 1 unspecified atom stereocenters. The fraction of sp³-hybridized carbons (Fsp3) is 0.591. The first kappa shape index (κ1) is 20.9. The summed E-state index contributed by atoms with van der Waals surface area (Å²) in [4.78, 5) is 13.0. The molecule has 3 atom stereocenters. The van der Waals surface area contributed by atoms with Gasteiger partial charge >= 0.3 is 5.69 Å². The molecule has 1 aromatic heterocycles. The normalized spacial score (nSPS) is 24.4. The van der Waals surface area contributed by atoms with E-state index in [1.807, 2.05) is 16.7 Å². The van der Waals surface area contributed by atoms with Crippen molar-refractivity contribution in [2.45, 2.75) is 37.6 Å². The lowest BCUT2D eigenvalue weighted by atomic mass is 10.1. The van der Waals surface area contributed by atoms with Gasteiger partial charge in [0.1, 0.15) is 18.5 Å². The number of methoxy groups -OCH3 is 1. The smallest absolute Gasteiger partial charge is 0.329 e. The number of halogens is 1. The van der Waals surface area contributed by atoms with Crippen molar-refractivity contribution < 1.29 is 13.9 Å². The first-order chi connectivity index (χ1) is 14.6. The number of aromatic nitrogens is 2. The van der Waals surface area contributed by atoms with Gasteiger partial charge < -0.3 is 20.1 Å². The average molecular weight is 416 g/mol. The third kappa shape index (κ3) is 3.97. The van der Waals surface area contributed by atoms with Crippen LogP contribution in [0.2, 0.25) is 0 Å². The molecule has 0 radical (unpaired) electrons. The van der Waals surface area contributed by atoms with Crippen LogP contribution in [0, 0.1) is 11.8 Å². The third-order valence-corrected chi connectivity index (χ3v) is 5.99. The second-order valence-electron chi connectivity index (χ2n) is 7.88. The molecule has 7 nitrogen and oxygen atoms in total. The van der Waals surface area contributed by atoms with E-state index in [9.17, 15) is 9.18 Å². The number of benzene rings is 1. The van der Waals surface area contributed by atoms with Gasteiger partial charge in [-0.15, -0.1) is 0 Å². The molecule has 0 bridgehead atoms. The Morgan fingerprint density at radius 2 is 2.07 bits per heavy atom. The fourth-order valence-electron chi connectivity index (χ4n) is 4.41. The van der Waals surface area contributed by atoms with Crippen molar-refractivity contribution in [2.24, 2.45) is 7.05 Å². The van der Waals surface area contributed by atoms with Crippen LogP contribution >= 0.6 is 0 Å². The molecule has 4 rings (SSSR count). The number of imidazole rings is 1. The number of hydrogen-bond donors (Lipinski definition) is 2. The zero-order valence-corrected chi connectivity index (χ0v) is 17.5. The molecule has 2 aliphatic rings. The Morgan fingerprint density at radius 3 is 2.80 bits per heavy atom. The first-order valence-electron chi connectivity index (χ1n) is 10.6. The standard InChI is InChI=1S/C22H29FN4O3/c1-26-21-16(6-4-12-30-20-9-11-25-14-17(20)23)19(29-2)8-7-18(21)27(22(26)28)15-5-3-10-24-13-15/h7-8,15,17,20,24-25H,3,5,9-14H2,1-2H3/t15?,17-,20+/m0/s1. The van der Waals surface area contributed by atoms with Crippen molar-refractivity contribution in [3.05, 3.63) is 28.2 Å². The molecular formula is C22H29FN4O3. The Labute approximate surface area is 175 Å². The Bertz CT molecular complexity index is 1010. The zero-order chi connectivity index (χ0) is 21.1. The van der Waals surface area contributed by atoms with E-state index in [2.05, 4.69) is 22.5 Å². The van der Waals surface area contributed by atoms with Gasteiger partial charge in [0.2, 0.25) is 0 Å². The molecular weight excluding hydrogens is 387 g/mol. The summed E-state index contributed by atoms with van der Waals surface area (Å²) >= 11 is 0. The van der Waals surface area contributed by atoms with E-state index >= 15 is 0 Å². The van der Waals surface area contributed by atoms with Gasteiger partial charge in [-0.25, -0.2) is 9.18 Å². The lowest BCUT2D eigenvalue weighted by molar-refractivity contribution is -0.00239. The molecule has 0 amide bonds. The Kier molecular flexibility index (Phi) is 6.42. The minimum atomic E-state index is -1.02. The number of fused-ring (bicyclic) bond motifs is 1. The summed E-state index contributed by atoms with van der Waals surface area (Å²) in [6.45, 7) is 2.96. The van der Waals surface area contributed by atoms with E-state index < -0.39 is 12.3 Å². The van der Waals surface area contributed by atoms with Crippen LogP contribution in [0.1, 0.15) is 30.9 Å². The number of nitrogens with one attached hydrogen (secondary N) is 2. The van der Waals surface area contributed by atoms with Gasteiger partial charge in [-0.05, 0) is 44.5 Å². The summed E-state index contributed by atoms with van der Waals surface area (Å²) in [6.07, 6.45) is 1.20. The average Bonchev–Trinajstić information content (AvgIpc) is 3.03. The van der Waals surface area contributed by atoms with Crippen molar-refractivity contribution >= 4 is 11.0 Å². The summed E-state index contributed by atoms with van der Waals surface area (Å²) in [5.41, 5.74) is 2.20. The molecule has 3 heterocycles. The van der Waals surface area contributed by atoms with Gasteiger partial charge in [-0.1, -0.05) is 11.8 Å². The number of rotatable bonds is 4. The van der Waals surface area contributed by atoms with Crippen molar-refractivity contribution in [3.8, 4) is 17.6 Å². The Morgan fingerprint density at radius 1 is 1.23 bits per heavy atom.